The van der Waals surface area contributed by atoms with Gasteiger partial charge < -0.3 is 14.6 Å². The van der Waals surface area contributed by atoms with Gasteiger partial charge >= 0.3 is 0 Å². The first-order valence-corrected chi connectivity index (χ1v) is 6.60. The Hall–Kier alpha value is -1.78. The Kier molecular flexibility index (Phi) is 3.93. The van der Waals surface area contributed by atoms with Gasteiger partial charge in [-0.1, -0.05) is 0 Å². The molecular weight excluding hydrogens is 244 g/mol. The minimum atomic E-state index is -0.244. The summed E-state index contributed by atoms with van der Waals surface area (Å²) in [5.41, 5.74) is 0. The van der Waals surface area contributed by atoms with Gasteiger partial charge in [-0.3, -0.25) is 9.59 Å². The summed E-state index contributed by atoms with van der Waals surface area (Å²) < 4.78 is 5.52. The predicted molar refractivity (Wildman–Crippen MR) is 70.2 cm³/mol. The molecule has 5 heteroatoms. The van der Waals surface area contributed by atoms with E-state index in [1.165, 1.54) is 0 Å². The van der Waals surface area contributed by atoms with Crippen molar-refractivity contribution in [3.63, 3.8) is 0 Å². The minimum Gasteiger partial charge on any atom is -0.464 e. The number of carbonyl (C=O) groups is 2. The first-order valence-electron chi connectivity index (χ1n) is 6.60. The molecule has 0 bridgehead atoms. The maximum Gasteiger partial charge on any atom is 0.228 e. The zero-order valence-electron chi connectivity index (χ0n) is 11.6. The van der Waals surface area contributed by atoms with Gasteiger partial charge in [-0.25, -0.2) is 0 Å². The smallest absolute Gasteiger partial charge is 0.228 e. The van der Waals surface area contributed by atoms with E-state index < -0.39 is 0 Å². The summed E-state index contributed by atoms with van der Waals surface area (Å²) >= 11 is 0. The molecular formula is C14H20N2O3. The van der Waals surface area contributed by atoms with Gasteiger partial charge in [0.1, 0.15) is 11.5 Å². The van der Waals surface area contributed by atoms with Gasteiger partial charge in [0.15, 0.2) is 0 Å². The molecule has 1 aromatic rings. The summed E-state index contributed by atoms with van der Waals surface area (Å²) in [6.45, 7) is 6.72. The minimum absolute atomic E-state index is 0.0161. The fourth-order valence-corrected chi connectivity index (χ4v) is 2.27. The van der Waals surface area contributed by atoms with Crippen LogP contribution in [0.2, 0.25) is 0 Å². The van der Waals surface area contributed by atoms with Crippen LogP contribution in [0, 0.1) is 12.8 Å². The molecule has 0 saturated carbocycles. The third-order valence-corrected chi connectivity index (χ3v) is 3.36. The molecule has 5 nitrogen and oxygen atoms in total. The highest BCUT2D eigenvalue weighted by molar-refractivity contribution is 5.89. The van der Waals surface area contributed by atoms with E-state index in [1.54, 1.807) is 4.90 Å². The molecule has 104 valence electrons. The molecule has 0 aromatic carbocycles. The number of rotatable bonds is 4. The van der Waals surface area contributed by atoms with Gasteiger partial charge in [-0.2, -0.15) is 0 Å². The quantitative estimate of drug-likeness (QED) is 0.895. The maximum absolute atomic E-state index is 12.4. The van der Waals surface area contributed by atoms with Crippen molar-refractivity contribution in [3.05, 3.63) is 23.7 Å². The molecule has 1 aliphatic rings. The predicted octanol–water partition coefficient (Wildman–Crippen LogP) is 1.46. The van der Waals surface area contributed by atoms with Crippen molar-refractivity contribution in [2.45, 2.75) is 39.8 Å². The SMILES string of the molecule is Cc1ccc(CN(C(=O)C2CNC(=O)C2)C(C)C)o1. The van der Waals surface area contributed by atoms with Gasteiger partial charge in [0.2, 0.25) is 11.8 Å². The number of furan rings is 1. The van der Waals surface area contributed by atoms with Crippen molar-refractivity contribution in [3.8, 4) is 0 Å². The van der Waals surface area contributed by atoms with Crippen LogP contribution in [0.4, 0.5) is 0 Å². The Balaban J connectivity index is 2.07. The number of aryl methyl sites for hydroxylation is 1. The normalized spacial score (nSPS) is 18.7. The molecule has 1 aromatic heterocycles. The van der Waals surface area contributed by atoms with Crippen LogP contribution in [-0.4, -0.2) is 29.3 Å². The van der Waals surface area contributed by atoms with E-state index in [9.17, 15) is 9.59 Å². The van der Waals surface area contributed by atoms with Crippen LogP contribution in [0.1, 0.15) is 31.8 Å². The van der Waals surface area contributed by atoms with Crippen LogP contribution in [0.15, 0.2) is 16.5 Å². The average molecular weight is 264 g/mol. The van der Waals surface area contributed by atoms with E-state index >= 15 is 0 Å². The van der Waals surface area contributed by atoms with Crippen LogP contribution in [0.5, 0.6) is 0 Å². The molecule has 1 atom stereocenters. The second kappa shape index (κ2) is 5.47. The average Bonchev–Trinajstić information content (AvgIpc) is 2.94. The lowest BCUT2D eigenvalue weighted by Gasteiger charge is -2.28. The molecule has 1 N–H and O–H groups in total. The highest BCUT2D eigenvalue weighted by Gasteiger charge is 2.32. The fourth-order valence-electron chi connectivity index (χ4n) is 2.27. The summed E-state index contributed by atoms with van der Waals surface area (Å²) in [4.78, 5) is 25.4. The number of hydrogen-bond acceptors (Lipinski definition) is 3. The highest BCUT2D eigenvalue weighted by atomic mass is 16.3. The van der Waals surface area contributed by atoms with Crippen molar-refractivity contribution in [1.82, 2.24) is 10.2 Å². The van der Waals surface area contributed by atoms with Crippen molar-refractivity contribution in [2.75, 3.05) is 6.54 Å². The first kappa shape index (κ1) is 13.6. The third-order valence-electron chi connectivity index (χ3n) is 3.36. The summed E-state index contributed by atoms with van der Waals surface area (Å²) in [6, 6.07) is 3.85. The van der Waals surface area contributed by atoms with Gasteiger partial charge in [0.05, 0.1) is 12.5 Å². The van der Waals surface area contributed by atoms with E-state index in [0.717, 1.165) is 11.5 Å². The second-order valence-corrected chi connectivity index (χ2v) is 5.28. The summed E-state index contributed by atoms with van der Waals surface area (Å²) in [7, 11) is 0. The fraction of sp³-hybridized carbons (Fsp3) is 0.571. The second-order valence-electron chi connectivity index (χ2n) is 5.28. The van der Waals surface area contributed by atoms with Crippen LogP contribution < -0.4 is 5.32 Å². The van der Waals surface area contributed by atoms with Crippen LogP contribution in [0.25, 0.3) is 0 Å². The Morgan fingerprint density at radius 3 is 2.74 bits per heavy atom. The maximum atomic E-state index is 12.4. The molecule has 1 saturated heterocycles. The largest absolute Gasteiger partial charge is 0.464 e. The topological polar surface area (TPSA) is 62.6 Å². The summed E-state index contributed by atoms with van der Waals surface area (Å²) in [5.74, 6) is 1.34. The van der Waals surface area contributed by atoms with Crippen molar-refractivity contribution in [2.24, 2.45) is 5.92 Å². The van der Waals surface area contributed by atoms with Crippen LogP contribution in [0.3, 0.4) is 0 Å². The molecule has 1 fully saturated rings. The van der Waals surface area contributed by atoms with Gasteiger partial charge in [-0.15, -0.1) is 0 Å². The lowest BCUT2D eigenvalue weighted by atomic mass is 10.1. The zero-order chi connectivity index (χ0) is 14.0. The van der Waals surface area contributed by atoms with Crippen molar-refractivity contribution in [1.29, 1.82) is 0 Å². The van der Waals surface area contributed by atoms with E-state index in [0.29, 0.717) is 19.5 Å². The van der Waals surface area contributed by atoms with Crippen LogP contribution >= 0.6 is 0 Å². The van der Waals surface area contributed by atoms with Gasteiger partial charge in [0, 0.05) is 19.0 Å². The molecule has 2 heterocycles. The molecule has 1 unspecified atom stereocenters. The van der Waals surface area contributed by atoms with E-state index in [1.807, 2.05) is 32.9 Å². The lowest BCUT2D eigenvalue weighted by Crippen LogP contribution is -2.41. The van der Waals surface area contributed by atoms with E-state index in [2.05, 4.69) is 5.32 Å². The van der Waals surface area contributed by atoms with E-state index in [4.69, 9.17) is 4.42 Å². The number of nitrogens with one attached hydrogen (secondary N) is 1. The number of nitrogens with zero attached hydrogens (tertiary/aromatic N) is 1. The third kappa shape index (κ3) is 3.16. The van der Waals surface area contributed by atoms with Gasteiger partial charge in [-0.05, 0) is 32.9 Å². The Labute approximate surface area is 113 Å². The monoisotopic (exact) mass is 264 g/mol. The van der Waals surface area contributed by atoms with Crippen molar-refractivity contribution < 1.29 is 14.0 Å². The lowest BCUT2D eigenvalue weighted by molar-refractivity contribution is -0.138. The highest BCUT2D eigenvalue weighted by Crippen LogP contribution is 2.18. The van der Waals surface area contributed by atoms with Gasteiger partial charge in [0.25, 0.3) is 0 Å². The first-order chi connectivity index (χ1) is 8.97. The number of carbonyl (C=O) groups excluding carboxylic acids is 2. The standard InChI is InChI=1S/C14H20N2O3/c1-9(2)16(8-12-5-4-10(3)19-12)14(18)11-6-13(17)15-7-11/h4-5,9,11H,6-8H2,1-3H3,(H,15,17). The molecule has 0 aliphatic carbocycles. The van der Waals surface area contributed by atoms with Crippen molar-refractivity contribution >= 4 is 11.8 Å². The van der Waals surface area contributed by atoms with Crippen LogP contribution in [-0.2, 0) is 16.1 Å². The molecule has 1 aliphatic heterocycles. The number of amides is 2. The van der Waals surface area contributed by atoms with E-state index in [-0.39, 0.29) is 23.8 Å². The molecule has 2 rings (SSSR count). The molecule has 0 radical (unpaired) electrons. The zero-order valence-corrected chi connectivity index (χ0v) is 11.6. The Bertz CT molecular complexity index is 479. The Morgan fingerprint density at radius 2 is 2.26 bits per heavy atom. The number of hydrogen-bond donors (Lipinski definition) is 1. The summed E-state index contributed by atoms with van der Waals surface area (Å²) in [5, 5.41) is 2.70. The molecule has 2 amide bonds. The molecule has 0 spiro atoms. The summed E-state index contributed by atoms with van der Waals surface area (Å²) in [6.07, 6.45) is 0.291. The molecule has 19 heavy (non-hydrogen) atoms. The Morgan fingerprint density at radius 1 is 1.53 bits per heavy atom.